The molecular weight excluding hydrogens is 412 g/mol. The maximum absolute atomic E-state index is 12.9. The minimum absolute atomic E-state index is 0.00685. The topological polar surface area (TPSA) is 54.5 Å². The number of rotatable bonds is 7. The first-order valence-corrected chi connectivity index (χ1v) is 12.4. The van der Waals surface area contributed by atoms with E-state index in [1.54, 1.807) is 18.6 Å². The lowest BCUT2D eigenvalue weighted by Gasteiger charge is -2.31. The van der Waals surface area contributed by atoms with Crippen LogP contribution in [-0.4, -0.2) is 51.4 Å². The Hall–Kier alpha value is -2.86. The highest BCUT2D eigenvalue weighted by atomic mass is 16.4. The van der Waals surface area contributed by atoms with Crippen LogP contribution in [0, 0.1) is 5.92 Å². The molecule has 3 aromatic rings. The summed E-state index contributed by atoms with van der Waals surface area (Å²) in [5.74, 6) is 1.85. The van der Waals surface area contributed by atoms with Crippen LogP contribution in [-0.2, 0) is 19.5 Å². The van der Waals surface area contributed by atoms with Crippen molar-refractivity contribution in [2.45, 2.75) is 51.6 Å². The van der Waals surface area contributed by atoms with Crippen LogP contribution in [0.4, 0.5) is 0 Å². The molecule has 0 bridgehead atoms. The summed E-state index contributed by atoms with van der Waals surface area (Å²) in [6, 6.07) is 12.9. The van der Waals surface area contributed by atoms with Gasteiger partial charge in [0.15, 0.2) is 5.76 Å². The van der Waals surface area contributed by atoms with Crippen molar-refractivity contribution in [2.24, 2.45) is 5.92 Å². The first-order valence-electron chi connectivity index (χ1n) is 12.4. The van der Waals surface area contributed by atoms with Gasteiger partial charge in [0, 0.05) is 32.0 Å². The summed E-state index contributed by atoms with van der Waals surface area (Å²) in [6.45, 7) is 5.75. The van der Waals surface area contributed by atoms with Gasteiger partial charge in [0.1, 0.15) is 5.76 Å². The number of hydrogen-bond acceptors (Lipinski definition) is 4. The average Bonchev–Trinajstić information content (AvgIpc) is 3.54. The highest BCUT2D eigenvalue weighted by molar-refractivity contribution is 5.91. The van der Waals surface area contributed by atoms with E-state index < -0.39 is 0 Å². The molecule has 4 heterocycles. The second-order valence-electron chi connectivity index (χ2n) is 9.59. The van der Waals surface area contributed by atoms with Crippen molar-refractivity contribution in [3.8, 4) is 0 Å². The van der Waals surface area contributed by atoms with Gasteiger partial charge in [-0.05, 0) is 74.4 Å². The van der Waals surface area contributed by atoms with Crippen LogP contribution in [0.25, 0.3) is 0 Å². The number of piperidine rings is 2. The molecule has 2 fully saturated rings. The number of carbonyl (C=O) groups is 1. The summed E-state index contributed by atoms with van der Waals surface area (Å²) in [5, 5.41) is 0. The van der Waals surface area contributed by atoms with Crippen LogP contribution in [0.2, 0.25) is 0 Å². The van der Waals surface area contributed by atoms with Crippen molar-refractivity contribution in [1.29, 1.82) is 0 Å². The normalized spacial score (nSPS) is 18.0. The highest BCUT2D eigenvalue weighted by Gasteiger charge is 2.25. The molecule has 5 rings (SSSR count). The Bertz CT molecular complexity index is 1010. The molecule has 2 aromatic heterocycles. The summed E-state index contributed by atoms with van der Waals surface area (Å²) >= 11 is 0. The summed E-state index contributed by atoms with van der Waals surface area (Å²) in [6.07, 6.45) is 12.6. The van der Waals surface area contributed by atoms with E-state index in [-0.39, 0.29) is 5.91 Å². The molecule has 1 amide bonds. The van der Waals surface area contributed by atoms with Crippen LogP contribution in [0.15, 0.2) is 59.5 Å². The predicted molar refractivity (Wildman–Crippen MR) is 128 cm³/mol. The lowest BCUT2D eigenvalue weighted by molar-refractivity contribution is 0.0656. The van der Waals surface area contributed by atoms with E-state index in [1.165, 1.54) is 43.5 Å². The van der Waals surface area contributed by atoms with E-state index in [2.05, 4.69) is 34.1 Å². The van der Waals surface area contributed by atoms with Gasteiger partial charge in [-0.2, -0.15) is 0 Å². The molecule has 2 aliphatic rings. The zero-order chi connectivity index (χ0) is 22.5. The van der Waals surface area contributed by atoms with Gasteiger partial charge in [-0.15, -0.1) is 0 Å². The zero-order valence-corrected chi connectivity index (χ0v) is 19.4. The number of imidazole rings is 1. The number of nitrogens with zero attached hydrogens (tertiary/aromatic N) is 4. The fourth-order valence-electron chi connectivity index (χ4n) is 5.12. The number of hydrogen-bond donors (Lipinski definition) is 0. The molecule has 0 spiro atoms. The molecule has 174 valence electrons. The highest BCUT2D eigenvalue weighted by Crippen LogP contribution is 2.24. The maximum Gasteiger partial charge on any atom is 0.289 e. The minimum Gasteiger partial charge on any atom is -0.454 e. The summed E-state index contributed by atoms with van der Waals surface area (Å²) in [7, 11) is 0. The SMILES string of the molecule is O=C(c1ccc(Cn2ccnc2)o1)N1CCC(Cc2ccc(CN3CCCCC3)cc2)CC1. The third-order valence-electron chi connectivity index (χ3n) is 7.07. The van der Waals surface area contributed by atoms with Crippen molar-refractivity contribution in [2.75, 3.05) is 26.2 Å². The van der Waals surface area contributed by atoms with E-state index in [1.807, 2.05) is 21.7 Å². The molecule has 0 aliphatic carbocycles. The molecule has 33 heavy (non-hydrogen) atoms. The molecule has 0 N–H and O–H groups in total. The van der Waals surface area contributed by atoms with Crippen molar-refractivity contribution in [3.05, 3.63) is 77.8 Å². The second kappa shape index (κ2) is 10.4. The maximum atomic E-state index is 12.9. The van der Waals surface area contributed by atoms with Gasteiger partial charge in [-0.3, -0.25) is 9.69 Å². The Morgan fingerprint density at radius 2 is 1.67 bits per heavy atom. The van der Waals surface area contributed by atoms with Crippen LogP contribution in [0.1, 0.15) is 59.5 Å². The third kappa shape index (κ3) is 5.74. The average molecular weight is 447 g/mol. The second-order valence-corrected chi connectivity index (χ2v) is 9.59. The molecular formula is C27H34N4O2. The Morgan fingerprint density at radius 3 is 2.39 bits per heavy atom. The Kier molecular flexibility index (Phi) is 6.91. The smallest absolute Gasteiger partial charge is 0.289 e. The Balaban J connectivity index is 1.08. The van der Waals surface area contributed by atoms with Crippen LogP contribution in [0.5, 0.6) is 0 Å². The molecule has 0 saturated carbocycles. The van der Waals surface area contributed by atoms with E-state index in [0.717, 1.165) is 44.7 Å². The van der Waals surface area contributed by atoms with Gasteiger partial charge >= 0.3 is 0 Å². The molecule has 0 radical (unpaired) electrons. The van der Waals surface area contributed by atoms with Gasteiger partial charge < -0.3 is 13.9 Å². The summed E-state index contributed by atoms with van der Waals surface area (Å²) in [5.41, 5.74) is 2.84. The Morgan fingerprint density at radius 1 is 0.909 bits per heavy atom. The molecule has 6 nitrogen and oxygen atoms in total. The molecule has 1 aromatic carbocycles. The van der Waals surface area contributed by atoms with Crippen LogP contribution >= 0.6 is 0 Å². The van der Waals surface area contributed by atoms with E-state index in [4.69, 9.17) is 4.42 Å². The largest absolute Gasteiger partial charge is 0.454 e. The number of amides is 1. The summed E-state index contributed by atoms with van der Waals surface area (Å²) < 4.78 is 7.75. The van der Waals surface area contributed by atoms with E-state index in [0.29, 0.717) is 18.2 Å². The monoisotopic (exact) mass is 446 g/mol. The number of carbonyl (C=O) groups excluding carboxylic acids is 1. The molecule has 2 aliphatic heterocycles. The predicted octanol–water partition coefficient (Wildman–Crippen LogP) is 4.61. The van der Waals surface area contributed by atoms with Crippen molar-refractivity contribution >= 4 is 5.91 Å². The van der Waals surface area contributed by atoms with Crippen molar-refractivity contribution < 1.29 is 9.21 Å². The van der Waals surface area contributed by atoms with Crippen LogP contribution in [0.3, 0.4) is 0 Å². The van der Waals surface area contributed by atoms with Gasteiger partial charge in [0.25, 0.3) is 5.91 Å². The van der Waals surface area contributed by atoms with E-state index in [9.17, 15) is 4.79 Å². The van der Waals surface area contributed by atoms with E-state index >= 15 is 0 Å². The molecule has 0 unspecified atom stereocenters. The standard InChI is InChI=1S/C27H34N4O2/c32-27(26-9-8-25(33-26)20-30-17-12-28-21-30)31-15-10-23(11-16-31)18-22-4-6-24(7-5-22)19-29-13-2-1-3-14-29/h4-9,12,17,21,23H,1-3,10-11,13-16,18-20H2. The number of furan rings is 1. The van der Waals surface area contributed by atoms with Gasteiger partial charge in [-0.1, -0.05) is 30.7 Å². The van der Waals surface area contributed by atoms with Crippen molar-refractivity contribution in [3.63, 3.8) is 0 Å². The fourth-order valence-corrected chi connectivity index (χ4v) is 5.12. The molecule has 0 atom stereocenters. The zero-order valence-electron chi connectivity index (χ0n) is 19.4. The summed E-state index contributed by atoms with van der Waals surface area (Å²) in [4.78, 5) is 21.5. The number of aromatic nitrogens is 2. The third-order valence-corrected chi connectivity index (χ3v) is 7.07. The fraction of sp³-hybridized carbons (Fsp3) is 0.481. The quantitative estimate of drug-likeness (QED) is 0.532. The van der Waals surface area contributed by atoms with Gasteiger partial charge in [-0.25, -0.2) is 4.98 Å². The molecule has 2 saturated heterocycles. The first-order chi connectivity index (χ1) is 16.2. The number of benzene rings is 1. The van der Waals surface area contributed by atoms with Crippen LogP contribution < -0.4 is 0 Å². The minimum atomic E-state index is 0.00685. The number of likely N-dealkylation sites (tertiary alicyclic amines) is 2. The Labute approximate surface area is 196 Å². The molecule has 6 heteroatoms. The first kappa shape index (κ1) is 22.0. The lowest BCUT2D eigenvalue weighted by Crippen LogP contribution is -2.38. The van der Waals surface area contributed by atoms with Gasteiger partial charge in [0.2, 0.25) is 0 Å². The lowest BCUT2D eigenvalue weighted by atomic mass is 9.90. The van der Waals surface area contributed by atoms with Crippen molar-refractivity contribution in [1.82, 2.24) is 19.4 Å². The van der Waals surface area contributed by atoms with Gasteiger partial charge in [0.05, 0.1) is 12.9 Å².